The van der Waals surface area contributed by atoms with E-state index in [0.29, 0.717) is 0 Å². The molecule has 31 heavy (non-hydrogen) atoms. The van der Waals surface area contributed by atoms with Crippen molar-refractivity contribution in [3.63, 3.8) is 0 Å². The Morgan fingerprint density at radius 2 is 1.58 bits per heavy atom. The van der Waals surface area contributed by atoms with Crippen molar-refractivity contribution in [2.24, 2.45) is 5.92 Å². The monoisotopic (exact) mass is 411 g/mol. The number of anilines is 1. The second-order valence-electron chi connectivity index (χ2n) is 7.47. The van der Waals surface area contributed by atoms with Gasteiger partial charge in [0.15, 0.2) is 5.78 Å². The molecule has 0 aliphatic heterocycles. The van der Waals surface area contributed by atoms with Crippen LogP contribution in [0.1, 0.15) is 43.1 Å². The lowest BCUT2D eigenvalue weighted by Gasteiger charge is -2.13. The fraction of sp³-hybridized carbons (Fsp3) is 0.222. The van der Waals surface area contributed by atoms with Gasteiger partial charge in [-0.25, -0.2) is 4.98 Å². The van der Waals surface area contributed by atoms with E-state index >= 15 is 0 Å². The number of ketones is 1. The number of fused-ring (bicyclic) bond motifs is 4. The molecule has 2 aromatic heterocycles. The average Bonchev–Trinajstić information content (AvgIpc) is 2.82. The number of nitrogens with one attached hydrogen (secondary N) is 1. The Morgan fingerprint density at radius 1 is 0.903 bits per heavy atom. The lowest BCUT2D eigenvalue weighted by atomic mass is 9.90. The van der Waals surface area contributed by atoms with E-state index in [1.54, 1.807) is 6.20 Å². The van der Waals surface area contributed by atoms with E-state index in [1.807, 2.05) is 62.5 Å². The Hall–Kier alpha value is -3.53. The molecule has 0 spiro atoms. The molecule has 0 saturated heterocycles. The van der Waals surface area contributed by atoms with Gasteiger partial charge in [-0.3, -0.25) is 9.78 Å². The summed E-state index contributed by atoms with van der Waals surface area (Å²) in [6, 6.07) is 19.9. The van der Waals surface area contributed by atoms with Crippen LogP contribution in [-0.2, 0) is 0 Å². The number of nitrogens with zero attached hydrogens (tertiary/aromatic N) is 2. The van der Waals surface area contributed by atoms with Gasteiger partial charge < -0.3 is 5.32 Å². The summed E-state index contributed by atoms with van der Waals surface area (Å²) in [6.45, 7) is 6.18. The number of pyridine rings is 2. The smallest absolute Gasteiger partial charge is 0.170 e. The highest BCUT2D eigenvalue weighted by Crippen LogP contribution is 2.23. The van der Waals surface area contributed by atoms with E-state index in [-0.39, 0.29) is 11.7 Å². The number of allylic oxidation sites excluding steroid dienone is 1. The van der Waals surface area contributed by atoms with Crippen LogP contribution >= 0.6 is 0 Å². The number of carbonyl (C=O) groups is 1. The lowest BCUT2D eigenvalue weighted by molar-refractivity contribution is 0.0951. The minimum Gasteiger partial charge on any atom is -0.373 e. The van der Waals surface area contributed by atoms with Crippen molar-refractivity contribution in [1.29, 1.82) is 0 Å². The highest BCUT2D eigenvalue weighted by atomic mass is 16.1. The highest BCUT2D eigenvalue weighted by Gasteiger charge is 2.18. The van der Waals surface area contributed by atoms with E-state index in [1.165, 1.54) is 6.42 Å². The molecule has 4 aromatic rings. The molecule has 1 aliphatic carbocycles. The van der Waals surface area contributed by atoms with Gasteiger partial charge in [0.1, 0.15) is 5.82 Å². The Kier molecular flexibility index (Phi) is 7.50. The number of hydrogen-bond donors (Lipinski definition) is 1. The van der Waals surface area contributed by atoms with Gasteiger partial charge in [0.25, 0.3) is 0 Å². The number of hydrogen-bond acceptors (Lipinski definition) is 4. The predicted molar refractivity (Wildman–Crippen MR) is 132 cm³/mol. The zero-order valence-corrected chi connectivity index (χ0v) is 18.6. The summed E-state index contributed by atoms with van der Waals surface area (Å²) >= 11 is 0. The Balaban J connectivity index is 0.000000161. The van der Waals surface area contributed by atoms with E-state index in [9.17, 15) is 4.79 Å². The van der Waals surface area contributed by atoms with Crippen LogP contribution in [-0.4, -0.2) is 22.8 Å². The van der Waals surface area contributed by atoms with Crippen LogP contribution in [0.4, 0.5) is 5.82 Å². The van der Waals surface area contributed by atoms with Crippen LogP contribution in [0.25, 0.3) is 27.9 Å². The highest BCUT2D eigenvalue weighted by molar-refractivity contribution is 6.04. The van der Waals surface area contributed by atoms with Gasteiger partial charge >= 0.3 is 0 Å². The molecule has 4 nitrogen and oxygen atoms in total. The van der Waals surface area contributed by atoms with E-state index in [4.69, 9.17) is 0 Å². The van der Waals surface area contributed by atoms with Gasteiger partial charge in [0, 0.05) is 35.5 Å². The molecule has 1 N–H and O–H groups in total. The Bertz CT molecular complexity index is 1210. The van der Waals surface area contributed by atoms with Crippen molar-refractivity contribution >= 4 is 39.5 Å². The first-order chi connectivity index (χ1) is 15.1. The summed E-state index contributed by atoms with van der Waals surface area (Å²) in [4.78, 5) is 20.5. The molecule has 0 radical (unpaired) electrons. The number of carbonyl (C=O) groups excluding carboxylic acids is 1. The molecule has 1 aliphatic rings. The van der Waals surface area contributed by atoms with Gasteiger partial charge in [-0.15, -0.1) is 0 Å². The van der Waals surface area contributed by atoms with Gasteiger partial charge in [-0.1, -0.05) is 81.8 Å². The summed E-state index contributed by atoms with van der Waals surface area (Å²) in [6.07, 6.45) is 7.02. The summed E-state index contributed by atoms with van der Waals surface area (Å²) in [5.74, 6) is 1.14. The van der Waals surface area contributed by atoms with E-state index in [2.05, 4.69) is 53.4 Å². The fourth-order valence-corrected chi connectivity index (χ4v) is 3.31. The number of benzene rings is 2. The molecule has 2 aromatic carbocycles. The minimum absolute atomic E-state index is 0.0416. The zero-order valence-electron chi connectivity index (χ0n) is 18.6. The van der Waals surface area contributed by atoms with Crippen molar-refractivity contribution in [2.75, 3.05) is 12.4 Å². The standard InChI is InChI=1S/C13H11N3.C11H10O.C3H8/c1-14-11-7-6-10-5-4-9-3-2-8-15-12(9)13(10)16-11;1-8-6-7-9-4-2-3-5-10(9)11(8)12;1-3-2/h2-8H,1H3,(H,14,16);2-8H,1H3;3H2,1-2H3. The molecule has 0 fully saturated rings. The van der Waals surface area contributed by atoms with Crippen molar-refractivity contribution in [3.05, 3.63) is 84.1 Å². The minimum atomic E-state index is 0.0416. The van der Waals surface area contributed by atoms with Crippen LogP contribution in [0.2, 0.25) is 0 Å². The fourth-order valence-electron chi connectivity index (χ4n) is 3.31. The first-order valence-corrected chi connectivity index (χ1v) is 10.7. The summed E-state index contributed by atoms with van der Waals surface area (Å²) < 4.78 is 0. The van der Waals surface area contributed by atoms with Gasteiger partial charge in [0.05, 0.1) is 11.0 Å². The molecule has 4 heteroatoms. The normalized spacial score (nSPS) is 14.2. The third-order valence-electron chi connectivity index (χ3n) is 4.89. The molecule has 0 amide bonds. The second-order valence-corrected chi connectivity index (χ2v) is 7.47. The van der Waals surface area contributed by atoms with Crippen molar-refractivity contribution in [2.45, 2.75) is 27.2 Å². The first-order valence-electron chi connectivity index (χ1n) is 10.7. The van der Waals surface area contributed by atoms with Crippen molar-refractivity contribution in [3.8, 4) is 0 Å². The van der Waals surface area contributed by atoms with Crippen LogP contribution in [0, 0.1) is 5.92 Å². The molecular weight excluding hydrogens is 382 g/mol. The maximum atomic E-state index is 11.6. The largest absolute Gasteiger partial charge is 0.373 e. The number of aromatic nitrogens is 2. The van der Waals surface area contributed by atoms with Gasteiger partial charge in [-0.2, -0.15) is 0 Å². The number of rotatable bonds is 1. The Morgan fingerprint density at radius 3 is 2.32 bits per heavy atom. The average molecular weight is 412 g/mol. The molecule has 5 rings (SSSR count). The molecule has 0 bridgehead atoms. The topological polar surface area (TPSA) is 54.9 Å². The van der Waals surface area contributed by atoms with Crippen LogP contribution < -0.4 is 5.32 Å². The Labute approximate surface area is 184 Å². The summed E-state index contributed by atoms with van der Waals surface area (Å²) in [5, 5.41) is 5.28. The predicted octanol–water partition coefficient (Wildman–Crippen LogP) is 6.77. The quantitative estimate of drug-likeness (QED) is 0.351. The molecule has 0 saturated carbocycles. The van der Waals surface area contributed by atoms with Gasteiger partial charge in [0.2, 0.25) is 0 Å². The van der Waals surface area contributed by atoms with Crippen molar-refractivity contribution < 1.29 is 4.79 Å². The summed E-state index contributed by atoms with van der Waals surface area (Å²) in [7, 11) is 1.87. The zero-order chi connectivity index (χ0) is 22.2. The maximum Gasteiger partial charge on any atom is 0.170 e. The third-order valence-corrected chi connectivity index (χ3v) is 4.89. The molecular formula is C27H29N3O. The van der Waals surface area contributed by atoms with Gasteiger partial charge in [-0.05, 0) is 23.8 Å². The molecule has 1 atom stereocenters. The van der Waals surface area contributed by atoms with Crippen molar-refractivity contribution in [1.82, 2.24) is 9.97 Å². The van der Waals surface area contributed by atoms with E-state index in [0.717, 1.165) is 38.8 Å². The van der Waals surface area contributed by atoms with E-state index < -0.39 is 0 Å². The molecule has 2 heterocycles. The van der Waals surface area contributed by atoms with Crippen LogP contribution in [0.3, 0.4) is 0 Å². The second kappa shape index (κ2) is 10.5. The van der Waals surface area contributed by atoms with Crippen LogP contribution in [0.5, 0.6) is 0 Å². The van der Waals surface area contributed by atoms with Crippen LogP contribution in [0.15, 0.2) is 72.9 Å². The summed E-state index contributed by atoms with van der Waals surface area (Å²) in [5.41, 5.74) is 3.80. The lowest BCUT2D eigenvalue weighted by Crippen LogP contribution is -2.13. The molecule has 158 valence electrons. The maximum absolute atomic E-state index is 11.6. The molecule has 1 unspecified atom stereocenters. The third kappa shape index (κ3) is 5.15. The SMILES string of the molecule is CC1C=Cc2ccccc2C1=O.CCC.CNc1ccc2ccc3cccnc3c2n1. The first kappa shape index (κ1) is 22.2. The number of Topliss-reactive ketones (excluding diaryl/α,β-unsaturated/α-hetero) is 1.